The second-order valence-electron chi connectivity index (χ2n) is 5.76. The van der Waals surface area contributed by atoms with Gasteiger partial charge in [-0.05, 0) is 19.4 Å². The van der Waals surface area contributed by atoms with Crippen LogP contribution in [-0.4, -0.2) is 37.8 Å². The molecule has 0 spiro atoms. The molecule has 0 bridgehead atoms. The maximum atomic E-state index is 12.5. The summed E-state index contributed by atoms with van der Waals surface area (Å²) >= 11 is 1.31. The van der Waals surface area contributed by atoms with Gasteiger partial charge in [0.1, 0.15) is 23.3 Å². The van der Waals surface area contributed by atoms with Crippen LogP contribution in [0, 0.1) is 0 Å². The Morgan fingerprint density at radius 1 is 1.33 bits per heavy atom. The highest BCUT2D eigenvalue weighted by molar-refractivity contribution is 7.16. The van der Waals surface area contributed by atoms with Crippen LogP contribution >= 0.6 is 11.3 Å². The summed E-state index contributed by atoms with van der Waals surface area (Å²) < 4.78 is 7.73. The van der Waals surface area contributed by atoms with Crippen LogP contribution in [0.3, 0.4) is 0 Å². The molecule has 0 saturated heterocycles. The third kappa shape index (κ3) is 3.75. The van der Waals surface area contributed by atoms with Gasteiger partial charge in [-0.15, -0.1) is 11.3 Å². The van der Waals surface area contributed by atoms with Crippen LogP contribution in [-0.2, 0) is 29.5 Å². The molecule has 0 aromatic carbocycles. The molecular weight excluding hydrogens is 370 g/mol. The molecule has 3 aromatic heterocycles. The molecule has 0 atom stereocenters. The van der Waals surface area contributed by atoms with E-state index in [0.717, 1.165) is 11.3 Å². The number of thiophene rings is 1. The minimum Gasteiger partial charge on any atom is -0.462 e. The average Bonchev–Trinajstić information content (AvgIpc) is 3.22. The monoisotopic (exact) mass is 389 g/mol. The molecule has 9 nitrogen and oxygen atoms in total. The Balaban J connectivity index is 1.82. The summed E-state index contributed by atoms with van der Waals surface area (Å²) in [6.45, 7) is 3.70. The molecule has 0 saturated carbocycles. The number of esters is 1. The number of carbonyl (C=O) groups excluding carboxylic acids is 2. The number of carbonyl (C=O) groups is 2. The van der Waals surface area contributed by atoms with E-state index < -0.39 is 11.9 Å². The molecule has 0 aliphatic carbocycles. The van der Waals surface area contributed by atoms with Crippen molar-refractivity contribution < 1.29 is 14.3 Å². The minimum atomic E-state index is -0.487. The SMILES string of the molecule is CCOC(=O)c1cc(CC)sc1NC(=O)Cn1cnc2c(cnn2C)c1=O. The van der Waals surface area contributed by atoms with Gasteiger partial charge in [0, 0.05) is 11.9 Å². The molecule has 1 amide bonds. The van der Waals surface area contributed by atoms with E-state index >= 15 is 0 Å². The van der Waals surface area contributed by atoms with Gasteiger partial charge in [-0.1, -0.05) is 6.92 Å². The van der Waals surface area contributed by atoms with Crippen molar-refractivity contribution in [1.29, 1.82) is 0 Å². The molecule has 3 heterocycles. The predicted molar refractivity (Wildman–Crippen MR) is 101 cm³/mol. The van der Waals surface area contributed by atoms with Crippen molar-refractivity contribution in [3.8, 4) is 0 Å². The zero-order valence-corrected chi connectivity index (χ0v) is 16.0. The molecule has 0 unspecified atom stereocenters. The van der Waals surface area contributed by atoms with E-state index in [9.17, 15) is 14.4 Å². The number of rotatable bonds is 6. The van der Waals surface area contributed by atoms with Crippen molar-refractivity contribution >= 4 is 39.2 Å². The first-order chi connectivity index (χ1) is 12.9. The first-order valence-electron chi connectivity index (χ1n) is 8.41. The Bertz CT molecular complexity index is 1070. The van der Waals surface area contributed by atoms with Gasteiger partial charge in [0.2, 0.25) is 5.91 Å². The van der Waals surface area contributed by atoms with Crippen LogP contribution in [0.25, 0.3) is 11.0 Å². The summed E-state index contributed by atoms with van der Waals surface area (Å²) in [5, 5.41) is 7.45. The third-order valence-electron chi connectivity index (χ3n) is 3.91. The van der Waals surface area contributed by atoms with Crippen LogP contribution in [0.5, 0.6) is 0 Å². The van der Waals surface area contributed by atoms with Gasteiger partial charge in [0.25, 0.3) is 5.56 Å². The maximum Gasteiger partial charge on any atom is 0.341 e. The Morgan fingerprint density at radius 3 is 2.81 bits per heavy atom. The number of nitrogens with zero attached hydrogens (tertiary/aromatic N) is 4. The fraction of sp³-hybridized carbons (Fsp3) is 0.353. The van der Waals surface area contributed by atoms with E-state index in [1.165, 1.54) is 33.1 Å². The van der Waals surface area contributed by atoms with Gasteiger partial charge < -0.3 is 10.1 Å². The molecule has 10 heteroatoms. The van der Waals surface area contributed by atoms with E-state index in [1.54, 1.807) is 20.0 Å². The number of amides is 1. The van der Waals surface area contributed by atoms with E-state index in [4.69, 9.17) is 4.74 Å². The first-order valence-corrected chi connectivity index (χ1v) is 9.23. The molecule has 0 aliphatic heterocycles. The van der Waals surface area contributed by atoms with Crippen LogP contribution < -0.4 is 10.9 Å². The minimum absolute atomic E-state index is 0.224. The Labute approximate surface area is 158 Å². The lowest BCUT2D eigenvalue weighted by Gasteiger charge is -2.07. The molecule has 0 aliphatic rings. The Hall–Kier alpha value is -3.01. The van der Waals surface area contributed by atoms with Gasteiger partial charge in [-0.3, -0.25) is 18.8 Å². The number of hydrogen-bond donors (Lipinski definition) is 1. The largest absolute Gasteiger partial charge is 0.462 e. The van der Waals surface area contributed by atoms with Gasteiger partial charge in [0.05, 0.1) is 18.4 Å². The van der Waals surface area contributed by atoms with Crippen molar-refractivity contribution in [3.63, 3.8) is 0 Å². The van der Waals surface area contributed by atoms with Crippen LogP contribution in [0.4, 0.5) is 5.00 Å². The molecule has 0 fully saturated rings. The average molecular weight is 389 g/mol. The summed E-state index contributed by atoms with van der Waals surface area (Å²) in [6.07, 6.45) is 3.46. The molecule has 27 heavy (non-hydrogen) atoms. The summed E-state index contributed by atoms with van der Waals surface area (Å²) in [5.74, 6) is -0.920. The molecule has 0 radical (unpaired) electrons. The number of nitrogens with one attached hydrogen (secondary N) is 1. The van der Waals surface area contributed by atoms with E-state index in [-0.39, 0.29) is 18.7 Å². The smallest absolute Gasteiger partial charge is 0.341 e. The first kappa shape index (κ1) is 18.8. The number of aryl methyl sites for hydroxylation is 2. The van der Waals surface area contributed by atoms with Gasteiger partial charge in [-0.25, -0.2) is 9.78 Å². The van der Waals surface area contributed by atoms with Gasteiger partial charge in [0.15, 0.2) is 5.65 Å². The molecule has 3 rings (SSSR count). The Kier molecular flexibility index (Phi) is 5.36. The van der Waals surface area contributed by atoms with Gasteiger partial charge in [-0.2, -0.15) is 5.10 Å². The van der Waals surface area contributed by atoms with Gasteiger partial charge >= 0.3 is 5.97 Å². The lowest BCUT2D eigenvalue weighted by molar-refractivity contribution is -0.116. The second-order valence-corrected chi connectivity index (χ2v) is 6.90. The fourth-order valence-electron chi connectivity index (χ4n) is 2.57. The van der Waals surface area contributed by atoms with Crippen molar-refractivity contribution in [2.75, 3.05) is 11.9 Å². The van der Waals surface area contributed by atoms with Crippen molar-refractivity contribution in [2.24, 2.45) is 7.05 Å². The summed E-state index contributed by atoms with van der Waals surface area (Å²) in [5.41, 5.74) is 0.418. The van der Waals surface area contributed by atoms with Crippen molar-refractivity contribution in [1.82, 2.24) is 19.3 Å². The number of ether oxygens (including phenoxy) is 1. The molecule has 1 N–H and O–H groups in total. The number of anilines is 1. The third-order valence-corrected chi connectivity index (χ3v) is 5.11. The summed E-state index contributed by atoms with van der Waals surface area (Å²) in [6, 6.07) is 1.72. The van der Waals surface area contributed by atoms with Crippen molar-refractivity contribution in [2.45, 2.75) is 26.8 Å². The highest BCUT2D eigenvalue weighted by Crippen LogP contribution is 2.29. The summed E-state index contributed by atoms with van der Waals surface area (Å²) in [4.78, 5) is 42.1. The van der Waals surface area contributed by atoms with Crippen LogP contribution in [0.1, 0.15) is 29.1 Å². The summed E-state index contributed by atoms with van der Waals surface area (Å²) in [7, 11) is 1.69. The van der Waals surface area contributed by atoms with Crippen molar-refractivity contribution in [3.05, 3.63) is 39.4 Å². The highest BCUT2D eigenvalue weighted by atomic mass is 32.1. The molecule has 142 valence electrons. The highest BCUT2D eigenvalue weighted by Gasteiger charge is 2.19. The van der Waals surface area contributed by atoms with Crippen LogP contribution in [0.2, 0.25) is 0 Å². The lowest BCUT2D eigenvalue weighted by Crippen LogP contribution is -2.28. The zero-order valence-electron chi connectivity index (χ0n) is 15.2. The maximum absolute atomic E-state index is 12.5. The zero-order chi connectivity index (χ0) is 19.6. The normalized spacial score (nSPS) is 10.9. The number of fused-ring (bicyclic) bond motifs is 1. The Morgan fingerprint density at radius 2 is 2.11 bits per heavy atom. The van der Waals surface area contributed by atoms with Crippen LogP contribution in [0.15, 0.2) is 23.4 Å². The van der Waals surface area contributed by atoms with E-state index in [2.05, 4.69) is 15.4 Å². The van der Waals surface area contributed by atoms with E-state index in [1.807, 2.05) is 6.92 Å². The standard InChI is InChI=1S/C17H19N5O4S/c1-4-10-6-11(17(25)26-5-2)15(27-10)20-13(23)8-22-9-18-14-12(16(22)24)7-19-21(14)3/h6-7,9H,4-5,8H2,1-3H3,(H,20,23). The second kappa shape index (κ2) is 7.70. The number of aromatic nitrogens is 4. The fourth-order valence-corrected chi connectivity index (χ4v) is 3.57. The quantitative estimate of drug-likeness (QED) is 0.641. The predicted octanol–water partition coefficient (Wildman–Crippen LogP) is 1.57. The molecular formula is C17H19N5O4S. The lowest BCUT2D eigenvalue weighted by atomic mass is 10.2. The number of hydrogen-bond acceptors (Lipinski definition) is 7. The topological polar surface area (TPSA) is 108 Å². The molecule has 3 aromatic rings. The van der Waals surface area contributed by atoms with E-state index in [0.29, 0.717) is 21.6 Å².